The van der Waals surface area contributed by atoms with Gasteiger partial charge in [0.25, 0.3) is 0 Å². The van der Waals surface area contributed by atoms with E-state index in [1.54, 1.807) is 18.1 Å². The Kier molecular flexibility index (Phi) is 4.36. The molecule has 1 amide bonds. The van der Waals surface area contributed by atoms with Crippen molar-refractivity contribution in [2.75, 3.05) is 33.4 Å². The van der Waals surface area contributed by atoms with Crippen molar-refractivity contribution in [1.82, 2.24) is 4.90 Å². The normalized spacial score (nSPS) is 15.9. The number of carbonyl (C=O) groups is 1. The van der Waals surface area contributed by atoms with E-state index in [9.17, 15) is 4.79 Å². The molecule has 0 N–H and O–H groups in total. The van der Waals surface area contributed by atoms with Crippen molar-refractivity contribution in [2.24, 2.45) is 0 Å². The Morgan fingerprint density at radius 2 is 1.94 bits per heavy atom. The van der Waals surface area contributed by atoms with E-state index in [2.05, 4.69) is 0 Å². The van der Waals surface area contributed by atoms with Crippen molar-refractivity contribution in [1.29, 1.82) is 0 Å². The molecule has 0 aliphatic carbocycles. The molecule has 0 saturated carbocycles. The predicted molar refractivity (Wildman–Crippen MR) is 69.4 cm³/mol. The molecular weight excluding hydrogens is 230 g/mol. The van der Waals surface area contributed by atoms with Crippen LogP contribution in [0.1, 0.15) is 5.56 Å². The number of ether oxygens (including phenoxy) is 2. The van der Waals surface area contributed by atoms with Crippen molar-refractivity contribution in [3.05, 3.63) is 35.9 Å². The van der Waals surface area contributed by atoms with Crippen LogP contribution in [0.4, 0.5) is 0 Å². The number of amides is 1. The first-order chi connectivity index (χ1) is 8.79. The summed E-state index contributed by atoms with van der Waals surface area (Å²) in [5.41, 5.74) is 0.984. The van der Waals surface area contributed by atoms with Crippen molar-refractivity contribution >= 4 is 12.0 Å². The summed E-state index contributed by atoms with van der Waals surface area (Å²) in [6.07, 6.45) is 3.42. The molecule has 18 heavy (non-hydrogen) atoms. The second-order valence-corrected chi connectivity index (χ2v) is 4.04. The van der Waals surface area contributed by atoms with Gasteiger partial charge in [-0.15, -0.1) is 0 Å². The standard InChI is InChI=1S/C14H17NO3/c1-17-13-5-2-12(3-6-13)4-7-14(16)15-8-10-18-11-9-15/h2-7H,8-11H2,1H3/b7-4+. The summed E-state index contributed by atoms with van der Waals surface area (Å²) >= 11 is 0. The zero-order valence-corrected chi connectivity index (χ0v) is 10.5. The van der Waals surface area contributed by atoms with Gasteiger partial charge in [0, 0.05) is 19.2 Å². The van der Waals surface area contributed by atoms with Gasteiger partial charge in [-0.05, 0) is 23.8 Å². The number of nitrogens with zero attached hydrogens (tertiary/aromatic N) is 1. The highest BCUT2D eigenvalue weighted by molar-refractivity contribution is 5.91. The number of rotatable bonds is 3. The summed E-state index contributed by atoms with van der Waals surface area (Å²) in [6, 6.07) is 7.58. The first-order valence-corrected chi connectivity index (χ1v) is 5.98. The van der Waals surface area contributed by atoms with E-state index < -0.39 is 0 Å². The molecule has 2 rings (SSSR count). The monoisotopic (exact) mass is 247 g/mol. The third-order valence-corrected chi connectivity index (χ3v) is 2.86. The Bertz CT molecular complexity index is 419. The van der Waals surface area contributed by atoms with E-state index in [4.69, 9.17) is 9.47 Å². The Morgan fingerprint density at radius 3 is 2.56 bits per heavy atom. The largest absolute Gasteiger partial charge is 0.497 e. The summed E-state index contributed by atoms with van der Waals surface area (Å²) in [7, 11) is 1.63. The van der Waals surface area contributed by atoms with Gasteiger partial charge in [0.15, 0.2) is 0 Å². The molecule has 1 aromatic rings. The topological polar surface area (TPSA) is 38.8 Å². The van der Waals surface area contributed by atoms with Crippen LogP contribution >= 0.6 is 0 Å². The van der Waals surface area contributed by atoms with E-state index in [0.717, 1.165) is 11.3 Å². The van der Waals surface area contributed by atoms with Gasteiger partial charge in [-0.25, -0.2) is 0 Å². The van der Waals surface area contributed by atoms with E-state index >= 15 is 0 Å². The molecule has 0 aromatic heterocycles. The minimum absolute atomic E-state index is 0.0362. The van der Waals surface area contributed by atoms with Crippen LogP contribution in [0.25, 0.3) is 6.08 Å². The average Bonchev–Trinajstić information content (AvgIpc) is 2.46. The van der Waals surface area contributed by atoms with Crippen LogP contribution in [0.3, 0.4) is 0 Å². The minimum Gasteiger partial charge on any atom is -0.497 e. The van der Waals surface area contributed by atoms with Gasteiger partial charge in [0.2, 0.25) is 5.91 Å². The summed E-state index contributed by atoms with van der Waals surface area (Å²) < 4.78 is 10.3. The molecule has 1 fully saturated rings. The molecule has 0 unspecified atom stereocenters. The van der Waals surface area contributed by atoms with Crippen LogP contribution in [0, 0.1) is 0 Å². The van der Waals surface area contributed by atoms with Crippen molar-refractivity contribution < 1.29 is 14.3 Å². The number of hydrogen-bond donors (Lipinski definition) is 0. The van der Waals surface area contributed by atoms with Crippen molar-refractivity contribution in [3.63, 3.8) is 0 Å². The minimum atomic E-state index is 0.0362. The highest BCUT2D eigenvalue weighted by atomic mass is 16.5. The number of carbonyl (C=O) groups excluding carboxylic acids is 1. The lowest BCUT2D eigenvalue weighted by molar-refractivity contribution is -0.129. The van der Waals surface area contributed by atoms with Crippen LogP contribution < -0.4 is 4.74 Å². The molecule has 1 aliphatic heterocycles. The molecule has 0 bridgehead atoms. The van der Waals surface area contributed by atoms with E-state index in [-0.39, 0.29) is 5.91 Å². The van der Waals surface area contributed by atoms with Gasteiger partial charge in [0.1, 0.15) is 5.75 Å². The zero-order chi connectivity index (χ0) is 12.8. The van der Waals surface area contributed by atoms with Crippen LogP contribution in [-0.2, 0) is 9.53 Å². The maximum atomic E-state index is 11.9. The number of methoxy groups -OCH3 is 1. The van der Waals surface area contributed by atoms with Crippen LogP contribution in [0.5, 0.6) is 5.75 Å². The quantitative estimate of drug-likeness (QED) is 0.761. The Morgan fingerprint density at radius 1 is 1.28 bits per heavy atom. The molecule has 1 aromatic carbocycles. The zero-order valence-electron chi connectivity index (χ0n) is 10.5. The lowest BCUT2D eigenvalue weighted by Crippen LogP contribution is -2.39. The summed E-state index contributed by atoms with van der Waals surface area (Å²) in [5, 5.41) is 0. The molecular formula is C14H17NO3. The van der Waals surface area contributed by atoms with Gasteiger partial charge in [-0.2, -0.15) is 0 Å². The fourth-order valence-electron chi connectivity index (χ4n) is 1.77. The molecule has 96 valence electrons. The Balaban J connectivity index is 1.94. The summed E-state index contributed by atoms with van der Waals surface area (Å²) in [5.74, 6) is 0.848. The van der Waals surface area contributed by atoms with Gasteiger partial charge in [0.05, 0.1) is 20.3 Å². The lowest BCUT2D eigenvalue weighted by atomic mass is 10.2. The van der Waals surface area contributed by atoms with E-state index in [0.29, 0.717) is 26.3 Å². The van der Waals surface area contributed by atoms with Crippen LogP contribution in [-0.4, -0.2) is 44.2 Å². The van der Waals surface area contributed by atoms with E-state index in [1.165, 1.54) is 0 Å². The molecule has 1 saturated heterocycles. The molecule has 4 nitrogen and oxygen atoms in total. The second kappa shape index (κ2) is 6.21. The Labute approximate surface area is 107 Å². The molecule has 0 spiro atoms. The lowest BCUT2D eigenvalue weighted by Gasteiger charge is -2.25. The maximum absolute atomic E-state index is 11.9. The first-order valence-electron chi connectivity index (χ1n) is 5.98. The molecule has 0 radical (unpaired) electrons. The third kappa shape index (κ3) is 3.34. The SMILES string of the molecule is COc1ccc(/C=C/C(=O)N2CCOCC2)cc1. The van der Waals surface area contributed by atoms with Gasteiger partial charge >= 0.3 is 0 Å². The second-order valence-electron chi connectivity index (χ2n) is 4.04. The molecule has 1 heterocycles. The smallest absolute Gasteiger partial charge is 0.246 e. The number of morpholine rings is 1. The molecule has 0 atom stereocenters. The van der Waals surface area contributed by atoms with Crippen molar-refractivity contribution in [3.8, 4) is 5.75 Å². The van der Waals surface area contributed by atoms with Gasteiger partial charge < -0.3 is 14.4 Å². The number of hydrogen-bond acceptors (Lipinski definition) is 3. The molecule has 4 heteroatoms. The highest BCUT2D eigenvalue weighted by Crippen LogP contribution is 2.12. The van der Waals surface area contributed by atoms with Gasteiger partial charge in [-0.3, -0.25) is 4.79 Å². The predicted octanol–water partition coefficient (Wildman–Crippen LogP) is 1.57. The summed E-state index contributed by atoms with van der Waals surface area (Å²) in [6.45, 7) is 2.60. The van der Waals surface area contributed by atoms with E-state index in [1.807, 2.05) is 30.3 Å². The number of benzene rings is 1. The fraction of sp³-hybridized carbons (Fsp3) is 0.357. The Hall–Kier alpha value is -1.81. The average molecular weight is 247 g/mol. The fourth-order valence-corrected chi connectivity index (χ4v) is 1.77. The first kappa shape index (κ1) is 12.6. The van der Waals surface area contributed by atoms with Gasteiger partial charge in [-0.1, -0.05) is 12.1 Å². The van der Waals surface area contributed by atoms with Crippen molar-refractivity contribution in [2.45, 2.75) is 0 Å². The highest BCUT2D eigenvalue weighted by Gasteiger charge is 2.13. The molecule has 1 aliphatic rings. The summed E-state index contributed by atoms with van der Waals surface area (Å²) in [4.78, 5) is 13.6. The van der Waals surface area contributed by atoms with Crippen LogP contribution in [0.2, 0.25) is 0 Å². The van der Waals surface area contributed by atoms with Crippen LogP contribution in [0.15, 0.2) is 30.3 Å². The third-order valence-electron chi connectivity index (χ3n) is 2.86. The maximum Gasteiger partial charge on any atom is 0.246 e.